The van der Waals surface area contributed by atoms with Crippen LogP contribution in [-0.4, -0.2) is 27.4 Å². The largest absolute Gasteiger partial charge is 0.370 e. The number of hydrogen-bond donors (Lipinski definition) is 2. The molecule has 0 aliphatic carbocycles. The van der Waals surface area contributed by atoms with Gasteiger partial charge in [0.2, 0.25) is 5.95 Å². The summed E-state index contributed by atoms with van der Waals surface area (Å²) in [5.41, 5.74) is 1.59. The lowest BCUT2D eigenvalue weighted by molar-refractivity contribution is 0.102. The number of amides is 1. The van der Waals surface area contributed by atoms with Crippen molar-refractivity contribution in [3.05, 3.63) is 41.1 Å². The number of rotatable bonds is 4. The highest BCUT2D eigenvalue weighted by molar-refractivity contribution is 6.06. The first-order valence-corrected chi connectivity index (χ1v) is 6.52. The van der Waals surface area contributed by atoms with Crippen molar-refractivity contribution in [1.82, 2.24) is 15.0 Å². The minimum absolute atomic E-state index is 0.111. The van der Waals surface area contributed by atoms with Crippen molar-refractivity contribution >= 4 is 17.7 Å². The fourth-order valence-corrected chi connectivity index (χ4v) is 1.87. The predicted octanol–water partition coefficient (Wildman–Crippen LogP) is 2.31. The highest BCUT2D eigenvalue weighted by Crippen LogP contribution is 2.15. The minimum atomic E-state index is -0.580. The van der Waals surface area contributed by atoms with E-state index in [4.69, 9.17) is 0 Å². The number of aromatic nitrogens is 3. The lowest BCUT2D eigenvalue weighted by Crippen LogP contribution is -2.18. The molecule has 2 aromatic rings. The molecular weight excluding hydrogens is 273 g/mol. The molecule has 0 aromatic carbocycles. The molecule has 0 saturated heterocycles. The van der Waals surface area contributed by atoms with Crippen LogP contribution in [0.2, 0.25) is 0 Å². The van der Waals surface area contributed by atoms with E-state index in [9.17, 15) is 9.18 Å². The van der Waals surface area contributed by atoms with Crippen molar-refractivity contribution in [1.29, 1.82) is 0 Å². The van der Waals surface area contributed by atoms with Gasteiger partial charge in [-0.1, -0.05) is 0 Å². The fourth-order valence-electron chi connectivity index (χ4n) is 1.87. The van der Waals surface area contributed by atoms with Gasteiger partial charge in [-0.05, 0) is 32.9 Å². The van der Waals surface area contributed by atoms with E-state index in [1.807, 2.05) is 6.92 Å². The van der Waals surface area contributed by atoms with Crippen molar-refractivity contribution in [2.75, 3.05) is 17.2 Å². The topological polar surface area (TPSA) is 79.8 Å². The molecule has 0 unspecified atom stereocenters. The van der Waals surface area contributed by atoms with Crippen LogP contribution in [-0.2, 0) is 0 Å². The van der Waals surface area contributed by atoms with Gasteiger partial charge in [0.25, 0.3) is 5.91 Å². The van der Waals surface area contributed by atoms with Crippen molar-refractivity contribution < 1.29 is 9.18 Å². The lowest BCUT2D eigenvalue weighted by Gasteiger charge is -2.10. The number of nitrogens with zero attached hydrogens (tertiary/aromatic N) is 3. The molecule has 21 heavy (non-hydrogen) atoms. The van der Waals surface area contributed by atoms with Crippen LogP contribution in [0.4, 0.5) is 16.2 Å². The molecule has 0 saturated carbocycles. The second-order valence-corrected chi connectivity index (χ2v) is 4.51. The molecule has 0 atom stereocenters. The minimum Gasteiger partial charge on any atom is -0.370 e. The molecule has 0 aliphatic heterocycles. The molecule has 1 amide bonds. The fraction of sp³-hybridized carbons (Fsp3) is 0.286. The Morgan fingerprint density at radius 3 is 2.52 bits per heavy atom. The average molecular weight is 289 g/mol. The normalized spacial score (nSPS) is 10.3. The molecule has 0 fully saturated rings. The second kappa shape index (κ2) is 6.25. The van der Waals surface area contributed by atoms with Crippen molar-refractivity contribution in [2.24, 2.45) is 0 Å². The van der Waals surface area contributed by atoms with Gasteiger partial charge in [0.05, 0.1) is 11.8 Å². The predicted molar refractivity (Wildman–Crippen MR) is 77.8 cm³/mol. The third-order valence-corrected chi connectivity index (χ3v) is 2.65. The summed E-state index contributed by atoms with van der Waals surface area (Å²) in [4.78, 5) is 24.4. The van der Waals surface area contributed by atoms with Crippen LogP contribution in [0.3, 0.4) is 0 Å². The maximum Gasteiger partial charge on any atom is 0.261 e. The molecule has 2 N–H and O–H groups in total. The Labute approximate surface area is 121 Å². The van der Waals surface area contributed by atoms with E-state index in [1.165, 1.54) is 0 Å². The van der Waals surface area contributed by atoms with Crippen LogP contribution < -0.4 is 10.6 Å². The zero-order valence-corrected chi connectivity index (χ0v) is 12.1. The Kier molecular flexibility index (Phi) is 4.42. The van der Waals surface area contributed by atoms with E-state index in [-0.39, 0.29) is 11.5 Å². The molecular formula is C14H16FN5O. The highest BCUT2D eigenvalue weighted by atomic mass is 19.1. The van der Waals surface area contributed by atoms with E-state index in [1.54, 1.807) is 19.9 Å². The Morgan fingerprint density at radius 1 is 1.24 bits per heavy atom. The molecule has 2 aromatic heterocycles. The van der Waals surface area contributed by atoms with E-state index in [0.29, 0.717) is 12.4 Å². The Bertz CT molecular complexity index is 654. The number of hydrogen-bond acceptors (Lipinski definition) is 5. The molecule has 0 bridgehead atoms. The number of anilines is 2. The van der Waals surface area contributed by atoms with E-state index in [0.717, 1.165) is 23.7 Å². The first-order valence-electron chi connectivity index (χ1n) is 6.52. The van der Waals surface area contributed by atoms with Crippen LogP contribution >= 0.6 is 0 Å². The Hall–Kier alpha value is -2.57. The summed E-state index contributed by atoms with van der Waals surface area (Å²) in [6.07, 6.45) is 1.06. The van der Waals surface area contributed by atoms with Crippen LogP contribution in [0.5, 0.6) is 0 Å². The number of carbonyl (C=O) groups excluding carboxylic acids is 1. The van der Waals surface area contributed by atoms with Crippen molar-refractivity contribution in [3.8, 4) is 0 Å². The van der Waals surface area contributed by atoms with Gasteiger partial charge in [0, 0.05) is 17.9 Å². The van der Waals surface area contributed by atoms with Gasteiger partial charge in [-0.2, -0.15) is 0 Å². The summed E-state index contributed by atoms with van der Waals surface area (Å²) in [5, 5.41) is 5.47. The maximum absolute atomic E-state index is 13.3. The van der Waals surface area contributed by atoms with Crippen LogP contribution in [0.1, 0.15) is 28.7 Å². The third kappa shape index (κ3) is 3.71. The number of pyridine rings is 1. The average Bonchev–Trinajstić information content (AvgIpc) is 2.39. The van der Waals surface area contributed by atoms with Crippen LogP contribution in [0.15, 0.2) is 18.3 Å². The quantitative estimate of drug-likeness (QED) is 0.903. The molecule has 0 radical (unpaired) electrons. The lowest BCUT2D eigenvalue weighted by atomic mass is 10.2. The van der Waals surface area contributed by atoms with Gasteiger partial charge >= 0.3 is 0 Å². The molecule has 110 valence electrons. The number of nitrogens with one attached hydrogen (secondary N) is 2. The maximum atomic E-state index is 13.3. The molecule has 2 heterocycles. The van der Waals surface area contributed by atoms with Gasteiger partial charge in [-0.15, -0.1) is 0 Å². The van der Waals surface area contributed by atoms with Gasteiger partial charge in [0.15, 0.2) is 0 Å². The summed E-state index contributed by atoms with van der Waals surface area (Å²) in [7, 11) is 0. The van der Waals surface area contributed by atoms with E-state index >= 15 is 0 Å². The van der Waals surface area contributed by atoms with Crippen molar-refractivity contribution in [2.45, 2.75) is 20.8 Å². The van der Waals surface area contributed by atoms with Gasteiger partial charge in [-0.25, -0.2) is 19.3 Å². The zero-order valence-electron chi connectivity index (χ0n) is 12.1. The van der Waals surface area contributed by atoms with Crippen LogP contribution in [0.25, 0.3) is 0 Å². The van der Waals surface area contributed by atoms with E-state index < -0.39 is 11.7 Å². The molecule has 7 heteroatoms. The smallest absolute Gasteiger partial charge is 0.261 e. The first-order chi connectivity index (χ1) is 9.99. The SMILES string of the molecule is CCNc1ncc(F)cc1C(=O)Nc1nc(C)cc(C)n1. The number of aryl methyl sites for hydroxylation is 2. The molecule has 0 aliphatic rings. The van der Waals surface area contributed by atoms with Gasteiger partial charge in [-0.3, -0.25) is 10.1 Å². The molecule has 6 nitrogen and oxygen atoms in total. The summed E-state index contributed by atoms with van der Waals surface area (Å²) in [5.74, 6) is -0.587. The highest BCUT2D eigenvalue weighted by Gasteiger charge is 2.15. The standard InChI is InChI=1S/C14H16FN5O/c1-4-16-12-11(6-10(15)7-17-12)13(21)20-14-18-8(2)5-9(3)19-14/h5-7H,4H2,1-3H3,(H,16,17)(H,18,19,20,21). The van der Waals surface area contributed by atoms with E-state index in [2.05, 4.69) is 25.6 Å². The summed E-state index contributed by atoms with van der Waals surface area (Å²) in [6, 6.07) is 2.92. The molecule has 0 spiro atoms. The van der Waals surface area contributed by atoms with Gasteiger partial charge < -0.3 is 5.32 Å². The summed E-state index contributed by atoms with van der Waals surface area (Å²) in [6.45, 7) is 6.04. The zero-order chi connectivity index (χ0) is 15.4. The third-order valence-electron chi connectivity index (χ3n) is 2.65. The second-order valence-electron chi connectivity index (χ2n) is 4.51. The van der Waals surface area contributed by atoms with Crippen molar-refractivity contribution in [3.63, 3.8) is 0 Å². The number of carbonyl (C=O) groups is 1. The Morgan fingerprint density at radius 2 is 1.90 bits per heavy atom. The number of halogens is 1. The monoisotopic (exact) mass is 289 g/mol. The van der Waals surface area contributed by atoms with Crippen LogP contribution in [0, 0.1) is 19.7 Å². The summed E-state index contributed by atoms with van der Waals surface area (Å²) >= 11 is 0. The molecule has 2 rings (SSSR count). The Balaban J connectivity index is 2.29. The summed E-state index contributed by atoms with van der Waals surface area (Å²) < 4.78 is 13.3. The first kappa shape index (κ1) is 14.8. The van der Waals surface area contributed by atoms with Gasteiger partial charge in [0.1, 0.15) is 11.6 Å².